The Kier molecular flexibility index (Phi) is 5.53. The Balaban J connectivity index is 1.49. The van der Waals surface area contributed by atoms with Crippen LogP contribution in [0.1, 0.15) is 11.1 Å². The predicted octanol–water partition coefficient (Wildman–Crippen LogP) is 4.84. The molecular weight excluding hydrogens is 374 g/mol. The second kappa shape index (κ2) is 8.27. The van der Waals surface area contributed by atoms with Crippen LogP contribution < -0.4 is 14.5 Å². The van der Waals surface area contributed by atoms with Gasteiger partial charge in [-0.1, -0.05) is 30.3 Å². The van der Waals surface area contributed by atoms with E-state index in [9.17, 15) is 4.79 Å². The van der Waals surface area contributed by atoms with Crippen molar-refractivity contribution in [3.63, 3.8) is 0 Å². The number of fused-ring (bicyclic) bond motifs is 1. The number of aryl methyl sites for hydroxylation is 2. The zero-order chi connectivity index (χ0) is 21.3. The molecule has 1 fully saturated rings. The molecule has 30 heavy (non-hydrogen) atoms. The molecule has 1 saturated heterocycles. The first-order valence-electron chi connectivity index (χ1n) is 10.4. The Morgan fingerprint density at radius 2 is 1.50 bits per heavy atom. The standard InChI is InChI=1S/C25H29N3O2/c1-18-13-19(2)15-22(14-18)27-9-11-28(12-10-27)25(29)26(3)23-16-20-7-5-6-8-21(20)17-24(23)30-4/h5-8,13-17H,9-12H2,1-4H3. The van der Waals surface area contributed by atoms with E-state index in [0.29, 0.717) is 18.8 Å². The number of hydrogen-bond donors (Lipinski definition) is 0. The third-order valence-corrected chi connectivity index (χ3v) is 5.82. The molecule has 1 aliphatic rings. The number of methoxy groups -OCH3 is 1. The fourth-order valence-corrected chi connectivity index (χ4v) is 4.24. The van der Waals surface area contributed by atoms with Crippen molar-refractivity contribution >= 4 is 28.2 Å². The van der Waals surface area contributed by atoms with Crippen LogP contribution in [0.15, 0.2) is 54.6 Å². The molecule has 0 bridgehead atoms. The molecule has 0 spiro atoms. The summed E-state index contributed by atoms with van der Waals surface area (Å²) in [7, 11) is 3.47. The normalized spacial score (nSPS) is 14.1. The van der Waals surface area contributed by atoms with Gasteiger partial charge >= 0.3 is 6.03 Å². The van der Waals surface area contributed by atoms with Gasteiger partial charge in [-0.2, -0.15) is 0 Å². The van der Waals surface area contributed by atoms with Crippen LogP contribution in [0, 0.1) is 13.8 Å². The van der Waals surface area contributed by atoms with Gasteiger partial charge in [0.2, 0.25) is 0 Å². The van der Waals surface area contributed by atoms with Crippen LogP contribution in [-0.4, -0.2) is 51.3 Å². The number of hydrogen-bond acceptors (Lipinski definition) is 3. The Morgan fingerprint density at radius 1 is 0.900 bits per heavy atom. The fourth-order valence-electron chi connectivity index (χ4n) is 4.24. The van der Waals surface area contributed by atoms with E-state index in [1.807, 2.05) is 36.2 Å². The largest absolute Gasteiger partial charge is 0.495 e. The minimum Gasteiger partial charge on any atom is -0.495 e. The van der Waals surface area contributed by atoms with Gasteiger partial charge in [0.1, 0.15) is 5.75 Å². The lowest BCUT2D eigenvalue weighted by Gasteiger charge is -2.38. The summed E-state index contributed by atoms with van der Waals surface area (Å²) in [5.41, 5.74) is 4.57. The van der Waals surface area contributed by atoms with Crippen LogP contribution in [0.2, 0.25) is 0 Å². The highest BCUT2D eigenvalue weighted by atomic mass is 16.5. The van der Waals surface area contributed by atoms with Crippen molar-refractivity contribution in [2.75, 3.05) is 50.1 Å². The van der Waals surface area contributed by atoms with E-state index >= 15 is 0 Å². The van der Waals surface area contributed by atoms with Crippen molar-refractivity contribution in [3.8, 4) is 5.75 Å². The van der Waals surface area contributed by atoms with Gasteiger partial charge in [0.15, 0.2) is 0 Å². The first-order valence-corrected chi connectivity index (χ1v) is 10.4. The van der Waals surface area contributed by atoms with Crippen molar-refractivity contribution in [2.45, 2.75) is 13.8 Å². The maximum atomic E-state index is 13.2. The number of urea groups is 1. The monoisotopic (exact) mass is 403 g/mol. The molecule has 0 N–H and O–H groups in total. The number of nitrogens with zero attached hydrogens (tertiary/aromatic N) is 3. The van der Waals surface area contributed by atoms with Gasteiger partial charge < -0.3 is 14.5 Å². The number of piperazine rings is 1. The van der Waals surface area contributed by atoms with Crippen molar-refractivity contribution in [1.29, 1.82) is 0 Å². The number of ether oxygens (including phenoxy) is 1. The molecule has 5 heteroatoms. The van der Waals surface area contributed by atoms with E-state index in [-0.39, 0.29) is 6.03 Å². The summed E-state index contributed by atoms with van der Waals surface area (Å²) in [5, 5.41) is 2.19. The highest BCUT2D eigenvalue weighted by molar-refractivity contribution is 5.97. The molecule has 0 unspecified atom stereocenters. The quantitative estimate of drug-likeness (QED) is 0.628. The summed E-state index contributed by atoms with van der Waals surface area (Å²) in [6.07, 6.45) is 0. The Morgan fingerprint density at radius 3 is 2.10 bits per heavy atom. The zero-order valence-electron chi connectivity index (χ0n) is 18.2. The van der Waals surface area contributed by atoms with Crippen LogP contribution in [0.5, 0.6) is 5.75 Å². The van der Waals surface area contributed by atoms with Crippen LogP contribution in [0.25, 0.3) is 10.8 Å². The molecule has 0 saturated carbocycles. The second-order valence-electron chi connectivity index (χ2n) is 8.03. The van der Waals surface area contributed by atoms with Crippen LogP contribution >= 0.6 is 0 Å². The van der Waals surface area contributed by atoms with Gasteiger partial charge in [0, 0.05) is 38.9 Å². The number of rotatable bonds is 3. The van der Waals surface area contributed by atoms with Crippen LogP contribution in [0.4, 0.5) is 16.2 Å². The number of benzene rings is 3. The van der Waals surface area contributed by atoms with Gasteiger partial charge in [-0.05, 0) is 60.0 Å². The number of carbonyl (C=O) groups is 1. The Labute approximate surface area is 178 Å². The van der Waals surface area contributed by atoms with Gasteiger partial charge in [-0.25, -0.2) is 4.79 Å². The second-order valence-corrected chi connectivity index (χ2v) is 8.03. The van der Waals surface area contributed by atoms with Gasteiger partial charge in [-0.3, -0.25) is 4.90 Å². The van der Waals surface area contributed by atoms with E-state index in [2.05, 4.69) is 49.1 Å². The van der Waals surface area contributed by atoms with Crippen molar-refractivity contribution in [3.05, 3.63) is 65.7 Å². The number of carbonyl (C=O) groups excluding carboxylic acids is 1. The van der Waals surface area contributed by atoms with Crippen molar-refractivity contribution in [2.24, 2.45) is 0 Å². The molecule has 0 aromatic heterocycles. The van der Waals surface area contributed by atoms with Crippen molar-refractivity contribution in [1.82, 2.24) is 4.90 Å². The lowest BCUT2D eigenvalue weighted by molar-refractivity contribution is 0.202. The Hall–Kier alpha value is -3.21. The average molecular weight is 404 g/mol. The fraction of sp³-hybridized carbons (Fsp3) is 0.320. The smallest absolute Gasteiger partial charge is 0.324 e. The first kappa shape index (κ1) is 20.1. The summed E-state index contributed by atoms with van der Waals surface area (Å²) in [6.45, 7) is 7.32. The Bertz CT molecular complexity index is 1050. The number of anilines is 2. The molecule has 1 heterocycles. The maximum Gasteiger partial charge on any atom is 0.324 e. The molecule has 4 rings (SSSR count). The minimum absolute atomic E-state index is 0.00338. The average Bonchev–Trinajstić information content (AvgIpc) is 2.76. The summed E-state index contributed by atoms with van der Waals surface area (Å²) in [6, 6.07) is 18.8. The molecule has 2 amide bonds. The van der Waals surface area contributed by atoms with Gasteiger partial charge in [-0.15, -0.1) is 0 Å². The third-order valence-electron chi connectivity index (χ3n) is 5.82. The van der Waals surface area contributed by atoms with Crippen LogP contribution in [-0.2, 0) is 0 Å². The van der Waals surface area contributed by atoms with Crippen LogP contribution in [0.3, 0.4) is 0 Å². The molecule has 0 aliphatic carbocycles. The first-order chi connectivity index (χ1) is 14.5. The highest BCUT2D eigenvalue weighted by Gasteiger charge is 2.26. The van der Waals surface area contributed by atoms with E-state index in [1.54, 1.807) is 12.0 Å². The minimum atomic E-state index is 0.00338. The summed E-state index contributed by atoms with van der Waals surface area (Å²) in [5.74, 6) is 0.707. The van der Waals surface area contributed by atoms with Crippen molar-refractivity contribution < 1.29 is 9.53 Å². The van der Waals surface area contributed by atoms with E-state index < -0.39 is 0 Å². The third kappa shape index (κ3) is 3.92. The highest BCUT2D eigenvalue weighted by Crippen LogP contribution is 2.33. The maximum absolute atomic E-state index is 13.2. The van der Waals surface area contributed by atoms with Gasteiger partial charge in [0.25, 0.3) is 0 Å². The van der Waals surface area contributed by atoms with E-state index in [4.69, 9.17) is 4.74 Å². The van der Waals surface area contributed by atoms with E-state index in [0.717, 1.165) is 29.5 Å². The lowest BCUT2D eigenvalue weighted by atomic mass is 10.1. The molecular formula is C25H29N3O2. The SMILES string of the molecule is COc1cc2ccccc2cc1N(C)C(=O)N1CCN(c2cc(C)cc(C)c2)CC1. The summed E-state index contributed by atoms with van der Waals surface area (Å²) in [4.78, 5) is 19.2. The molecule has 0 atom stereocenters. The predicted molar refractivity (Wildman–Crippen MR) is 124 cm³/mol. The zero-order valence-corrected chi connectivity index (χ0v) is 18.2. The summed E-state index contributed by atoms with van der Waals surface area (Å²) < 4.78 is 5.59. The topological polar surface area (TPSA) is 36.0 Å². The van der Waals surface area contributed by atoms with E-state index in [1.165, 1.54) is 16.8 Å². The summed E-state index contributed by atoms with van der Waals surface area (Å²) >= 11 is 0. The molecule has 0 radical (unpaired) electrons. The molecule has 1 aliphatic heterocycles. The molecule has 3 aromatic rings. The lowest BCUT2D eigenvalue weighted by Crippen LogP contribution is -2.52. The van der Waals surface area contributed by atoms with Gasteiger partial charge in [0.05, 0.1) is 12.8 Å². The molecule has 5 nitrogen and oxygen atoms in total. The number of amides is 2. The molecule has 3 aromatic carbocycles. The molecule has 156 valence electrons.